The third-order valence-corrected chi connectivity index (χ3v) is 5.44. The molecule has 2 saturated heterocycles. The Morgan fingerprint density at radius 3 is 2.82 bits per heavy atom. The predicted octanol–water partition coefficient (Wildman–Crippen LogP) is 1.98. The van der Waals surface area contributed by atoms with Crippen LogP contribution in [-0.4, -0.2) is 41.6 Å². The summed E-state index contributed by atoms with van der Waals surface area (Å²) in [6.45, 7) is 2.77. The van der Waals surface area contributed by atoms with Gasteiger partial charge in [0.15, 0.2) is 0 Å². The average molecular weight is 367 g/mol. The van der Waals surface area contributed by atoms with E-state index in [9.17, 15) is 9.59 Å². The van der Waals surface area contributed by atoms with E-state index in [1.165, 1.54) is 0 Å². The van der Waals surface area contributed by atoms with Gasteiger partial charge in [0.25, 0.3) is 5.91 Å². The highest BCUT2D eigenvalue weighted by atomic mass is 79.9. The smallest absolute Gasteiger partial charge is 0.278 e. The van der Waals surface area contributed by atoms with E-state index in [1.54, 1.807) is 4.90 Å². The molecule has 2 amide bonds. The van der Waals surface area contributed by atoms with Gasteiger partial charge >= 0.3 is 0 Å². The van der Waals surface area contributed by atoms with Crippen LogP contribution in [0.1, 0.15) is 30.2 Å². The molecule has 1 aromatic carbocycles. The number of carbonyl (C=O) groups excluding carboxylic acids is 2. The second-order valence-corrected chi connectivity index (χ2v) is 6.50. The summed E-state index contributed by atoms with van der Waals surface area (Å²) in [5.41, 5.74) is -0.490. The Bertz CT molecular complexity index is 580. The first-order valence-corrected chi connectivity index (χ1v) is 8.48. The van der Waals surface area contributed by atoms with Gasteiger partial charge in [-0.25, -0.2) is 0 Å². The van der Waals surface area contributed by atoms with Crippen molar-refractivity contribution in [2.45, 2.75) is 36.4 Å². The van der Waals surface area contributed by atoms with Crippen molar-refractivity contribution in [2.24, 2.45) is 0 Å². The molecule has 1 N–H and O–H groups in total. The molecule has 22 heavy (non-hydrogen) atoms. The number of benzene rings is 1. The Hall–Kier alpha value is -1.40. The molecule has 0 bridgehead atoms. The van der Waals surface area contributed by atoms with E-state index in [4.69, 9.17) is 4.74 Å². The van der Waals surface area contributed by atoms with Crippen LogP contribution in [0, 0.1) is 0 Å². The highest BCUT2D eigenvalue weighted by molar-refractivity contribution is 9.09. The van der Waals surface area contributed by atoms with E-state index < -0.39 is 10.6 Å². The first-order chi connectivity index (χ1) is 10.6. The number of alkyl halides is 1. The Kier molecular flexibility index (Phi) is 4.23. The van der Waals surface area contributed by atoms with E-state index in [0.717, 1.165) is 18.4 Å². The van der Waals surface area contributed by atoms with E-state index in [0.29, 0.717) is 13.2 Å². The summed E-state index contributed by atoms with van der Waals surface area (Å²) in [5.74, 6) is -0.298. The fourth-order valence-corrected chi connectivity index (χ4v) is 3.99. The average Bonchev–Trinajstić information content (AvgIpc) is 3.03. The second-order valence-electron chi connectivity index (χ2n) is 5.59. The lowest BCUT2D eigenvalue weighted by Crippen LogP contribution is -2.71. The summed E-state index contributed by atoms with van der Waals surface area (Å²) < 4.78 is 5.81. The monoisotopic (exact) mass is 366 g/mol. The number of fused-ring (bicyclic) bond motifs is 1. The maximum Gasteiger partial charge on any atom is 0.278 e. The highest BCUT2D eigenvalue weighted by Crippen LogP contribution is 2.40. The van der Waals surface area contributed by atoms with Crippen LogP contribution in [-0.2, 0) is 14.3 Å². The molecule has 2 fully saturated rings. The van der Waals surface area contributed by atoms with Gasteiger partial charge < -0.3 is 15.0 Å². The summed E-state index contributed by atoms with van der Waals surface area (Å²) >= 11 is 3.58. The molecule has 2 aliphatic rings. The summed E-state index contributed by atoms with van der Waals surface area (Å²) in [6.07, 6.45) is 1.57. The van der Waals surface area contributed by atoms with Crippen molar-refractivity contribution in [3.05, 3.63) is 35.9 Å². The third kappa shape index (κ3) is 2.34. The minimum atomic E-state index is -1.38. The zero-order valence-corrected chi connectivity index (χ0v) is 14.0. The molecule has 3 rings (SSSR count). The highest BCUT2D eigenvalue weighted by Gasteiger charge is 2.57. The molecule has 0 radical (unpaired) electrons. The van der Waals surface area contributed by atoms with Gasteiger partial charge in [-0.15, -0.1) is 0 Å². The number of hydrogen-bond acceptors (Lipinski definition) is 3. The number of amides is 2. The lowest BCUT2D eigenvalue weighted by atomic mass is 9.96. The minimum Gasteiger partial charge on any atom is -0.346 e. The maximum absolute atomic E-state index is 13.0. The van der Waals surface area contributed by atoms with Crippen molar-refractivity contribution in [1.82, 2.24) is 10.2 Å². The topological polar surface area (TPSA) is 58.6 Å². The van der Waals surface area contributed by atoms with Crippen LogP contribution in [0.15, 0.2) is 30.3 Å². The van der Waals surface area contributed by atoms with Gasteiger partial charge in [-0.05, 0) is 25.3 Å². The normalized spacial score (nSPS) is 29.2. The molecule has 6 heteroatoms. The molecule has 5 nitrogen and oxygen atoms in total. The van der Waals surface area contributed by atoms with Crippen molar-refractivity contribution in [2.75, 3.05) is 13.2 Å². The second kappa shape index (κ2) is 6.01. The molecule has 0 unspecified atom stereocenters. The van der Waals surface area contributed by atoms with Crippen molar-refractivity contribution >= 4 is 27.7 Å². The van der Waals surface area contributed by atoms with Crippen LogP contribution >= 0.6 is 15.9 Å². The fraction of sp³-hybridized carbons (Fsp3) is 0.500. The molecule has 2 heterocycles. The number of piperazine rings is 1. The molecule has 0 aliphatic carbocycles. The van der Waals surface area contributed by atoms with Crippen molar-refractivity contribution in [3.63, 3.8) is 0 Å². The molecule has 0 saturated carbocycles. The Labute approximate surface area is 138 Å². The molecular weight excluding hydrogens is 348 g/mol. The Morgan fingerprint density at radius 1 is 1.41 bits per heavy atom. The van der Waals surface area contributed by atoms with E-state index >= 15 is 0 Å². The number of hydrogen-bond donors (Lipinski definition) is 1. The molecule has 1 aromatic rings. The zero-order valence-electron chi connectivity index (χ0n) is 12.4. The van der Waals surface area contributed by atoms with Crippen LogP contribution in [0.2, 0.25) is 0 Å². The molecule has 2 aliphatic heterocycles. The van der Waals surface area contributed by atoms with Gasteiger partial charge in [0, 0.05) is 13.2 Å². The van der Waals surface area contributed by atoms with Gasteiger partial charge in [0.1, 0.15) is 6.04 Å². The van der Waals surface area contributed by atoms with E-state index in [1.807, 2.05) is 37.3 Å². The number of carbonyl (C=O) groups is 2. The number of ether oxygens (including phenoxy) is 1. The summed E-state index contributed by atoms with van der Waals surface area (Å²) in [7, 11) is 0. The largest absolute Gasteiger partial charge is 0.346 e. The molecule has 3 atom stereocenters. The Balaban J connectivity index is 2.00. The molecular formula is C16H19BrN2O3. The van der Waals surface area contributed by atoms with Gasteiger partial charge in [-0.1, -0.05) is 46.3 Å². The van der Waals surface area contributed by atoms with Gasteiger partial charge in [0.2, 0.25) is 11.6 Å². The number of halogens is 1. The third-order valence-electron chi connectivity index (χ3n) is 4.26. The van der Waals surface area contributed by atoms with Crippen LogP contribution < -0.4 is 5.32 Å². The quantitative estimate of drug-likeness (QED) is 0.828. The first kappa shape index (κ1) is 15.5. The van der Waals surface area contributed by atoms with Gasteiger partial charge in [-0.3, -0.25) is 9.59 Å². The lowest BCUT2D eigenvalue weighted by Gasteiger charge is -2.45. The van der Waals surface area contributed by atoms with Crippen LogP contribution in [0.4, 0.5) is 0 Å². The van der Waals surface area contributed by atoms with Crippen LogP contribution in [0.25, 0.3) is 0 Å². The number of rotatable bonds is 4. The zero-order chi connectivity index (χ0) is 15.7. The van der Waals surface area contributed by atoms with Crippen LogP contribution in [0.5, 0.6) is 0 Å². The lowest BCUT2D eigenvalue weighted by molar-refractivity contribution is -0.178. The molecule has 0 aromatic heterocycles. The van der Waals surface area contributed by atoms with E-state index in [2.05, 4.69) is 21.2 Å². The first-order valence-electron chi connectivity index (χ1n) is 7.56. The summed E-state index contributed by atoms with van der Waals surface area (Å²) in [6, 6.07) is 9.19. The molecule has 118 valence electrons. The van der Waals surface area contributed by atoms with Gasteiger partial charge in [0.05, 0.1) is 4.83 Å². The van der Waals surface area contributed by atoms with Crippen LogP contribution in [0.3, 0.4) is 0 Å². The van der Waals surface area contributed by atoms with E-state index in [-0.39, 0.29) is 17.9 Å². The van der Waals surface area contributed by atoms with Gasteiger partial charge in [-0.2, -0.15) is 0 Å². The fourth-order valence-electron chi connectivity index (χ4n) is 3.24. The van der Waals surface area contributed by atoms with Crippen molar-refractivity contribution < 1.29 is 14.3 Å². The summed E-state index contributed by atoms with van der Waals surface area (Å²) in [4.78, 5) is 26.7. The SMILES string of the molecule is CCO[C@@]1([C@@H](Br)c2ccccc2)NC(=O)[C@@H]2CCCN2C1=O. The minimum absolute atomic E-state index is 0.133. The summed E-state index contributed by atoms with van der Waals surface area (Å²) in [5, 5.41) is 2.85. The molecule has 0 spiro atoms. The number of nitrogens with zero attached hydrogens (tertiary/aromatic N) is 1. The Morgan fingerprint density at radius 2 is 2.14 bits per heavy atom. The predicted molar refractivity (Wildman–Crippen MR) is 85.3 cm³/mol. The van der Waals surface area contributed by atoms with Crippen molar-refractivity contribution in [1.29, 1.82) is 0 Å². The van der Waals surface area contributed by atoms with Crippen molar-refractivity contribution in [3.8, 4) is 0 Å². The standard InChI is InChI=1S/C16H19BrN2O3/c1-2-22-16(13(17)11-7-4-3-5-8-11)15(21)19-10-6-9-12(19)14(20)18-16/h3-5,7-8,12-13H,2,6,9-10H2,1H3,(H,18,20)/t12-,13-,16+/m0/s1. The number of nitrogens with one attached hydrogen (secondary N) is 1. The maximum atomic E-state index is 13.0.